The minimum atomic E-state index is -5.13. The largest absolute Gasteiger partial charge is 0.493 e. The number of alkyl halides is 3. The number of hydrogen-bond acceptors (Lipinski definition) is 8. The normalized spacial score (nSPS) is 21.1. The van der Waals surface area contributed by atoms with Crippen LogP contribution in [0, 0.1) is 5.92 Å². The van der Waals surface area contributed by atoms with Crippen LogP contribution in [0.25, 0.3) is 0 Å². The lowest BCUT2D eigenvalue weighted by atomic mass is 9.78. The Morgan fingerprint density at radius 2 is 1.83 bits per heavy atom. The third-order valence-electron chi connectivity index (χ3n) is 6.64. The van der Waals surface area contributed by atoms with E-state index in [4.69, 9.17) is 14.7 Å². The molecule has 9 nitrogen and oxygen atoms in total. The fraction of sp³-hybridized carbons (Fsp3) is 0.750. The van der Waals surface area contributed by atoms with Crippen molar-refractivity contribution in [1.29, 1.82) is 0 Å². The number of aromatic nitrogens is 2. The zero-order chi connectivity index (χ0) is 26.5. The Balaban J connectivity index is 1.45. The highest BCUT2D eigenvalue weighted by atomic mass is 19.4. The van der Waals surface area contributed by atoms with Crippen molar-refractivity contribution < 1.29 is 32.3 Å². The third kappa shape index (κ3) is 7.52. The molecule has 1 aliphatic heterocycles. The van der Waals surface area contributed by atoms with E-state index in [1.165, 1.54) is 0 Å². The first-order chi connectivity index (χ1) is 16.9. The Bertz CT molecular complexity index is 895. The lowest BCUT2D eigenvalue weighted by molar-refractivity contribution is -0.245. The molecule has 0 spiro atoms. The molecular formula is C24H36F3N5O4. The number of halogens is 3. The molecule has 36 heavy (non-hydrogen) atoms. The molecule has 3 rings (SSSR count). The van der Waals surface area contributed by atoms with Crippen molar-refractivity contribution in [3.8, 4) is 0 Å². The summed E-state index contributed by atoms with van der Waals surface area (Å²) >= 11 is 0. The van der Waals surface area contributed by atoms with E-state index in [9.17, 15) is 22.8 Å². The Morgan fingerprint density at radius 3 is 2.39 bits per heavy atom. The molecule has 1 saturated heterocycles. The molecule has 12 heteroatoms. The molecule has 0 N–H and O–H groups in total. The van der Waals surface area contributed by atoms with Gasteiger partial charge in [0.2, 0.25) is 6.41 Å². The summed E-state index contributed by atoms with van der Waals surface area (Å²) in [6, 6.07) is 1.54. The number of carbonyl (C=O) groups is 2. The maximum Gasteiger partial charge on any atom is 0.493 e. The van der Waals surface area contributed by atoms with Crippen molar-refractivity contribution in [3.63, 3.8) is 0 Å². The summed E-state index contributed by atoms with van der Waals surface area (Å²) in [5.41, 5.74) is 0.809. The van der Waals surface area contributed by atoms with Crippen molar-refractivity contribution in [2.24, 2.45) is 5.92 Å². The maximum absolute atomic E-state index is 12.4. The average molecular weight is 516 g/mol. The lowest BCUT2D eigenvalue weighted by Crippen LogP contribution is -2.49. The number of methoxy groups -OCH3 is 1. The molecule has 2 heterocycles. The van der Waals surface area contributed by atoms with E-state index >= 15 is 0 Å². The van der Waals surface area contributed by atoms with Crippen LogP contribution in [0.1, 0.15) is 51.6 Å². The SMILES string of the molecule is COCCc1cc(N2CCN(CCC3CC(N(C=O)OC(=O)C(F)(F)F)C3)CC2)nc(C(C)(C)C)n1. The van der Waals surface area contributed by atoms with Gasteiger partial charge in [-0.15, -0.1) is 0 Å². The van der Waals surface area contributed by atoms with Gasteiger partial charge in [-0.1, -0.05) is 20.8 Å². The lowest BCUT2D eigenvalue weighted by Gasteiger charge is -2.41. The molecule has 202 valence electrons. The molecule has 0 radical (unpaired) electrons. The fourth-order valence-corrected chi connectivity index (χ4v) is 4.35. The molecule has 0 aromatic carbocycles. The quantitative estimate of drug-likeness (QED) is 0.347. The third-order valence-corrected chi connectivity index (χ3v) is 6.64. The molecule has 1 saturated carbocycles. The number of hydrogen-bond donors (Lipinski definition) is 0. The van der Waals surface area contributed by atoms with Crippen molar-refractivity contribution in [2.45, 2.75) is 64.1 Å². The summed E-state index contributed by atoms with van der Waals surface area (Å²) in [5, 5.41) is 0.500. The van der Waals surface area contributed by atoms with Crippen molar-refractivity contribution >= 4 is 18.2 Å². The fourth-order valence-electron chi connectivity index (χ4n) is 4.35. The molecule has 2 fully saturated rings. The van der Waals surface area contributed by atoms with Gasteiger partial charge in [-0.3, -0.25) is 9.69 Å². The first kappa shape index (κ1) is 28.1. The molecule has 1 aromatic heterocycles. The number of ether oxygens (including phenoxy) is 1. The molecule has 1 aromatic rings. The smallest absolute Gasteiger partial charge is 0.384 e. The van der Waals surface area contributed by atoms with Crippen LogP contribution in [0.15, 0.2) is 6.07 Å². The summed E-state index contributed by atoms with van der Waals surface area (Å²) in [5.74, 6) is -0.345. The Morgan fingerprint density at radius 1 is 1.17 bits per heavy atom. The zero-order valence-electron chi connectivity index (χ0n) is 21.4. The second-order valence-electron chi connectivity index (χ2n) is 10.5. The Hall–Kier alpha value is -2.47. The molecule has 0 atom stereocenters. The highest BCUT2D eigenvalue weighted by molar-refractivity contribution is 5.76. The highest BCUT2D eigenvalue weighted by Crippen LogP contribution is 2.35. The predicted molar refractivity (Wildman–Crippen MR) is 126 cm³/mol. The van der Waals surface area contributed by atoms with Gasteiger partial charge in [-0.25, -0.2) is 14.8 Å². The van der Waals surface area contributed by atoms with Crippen LogP contribution < -0.4 is 4.90 Å². The first-order valence-corrected chi connectivity index (χ1v) is 12.3. The standard InChI is InChI=1S/C24H36F3N5O4/c1-23(2,3)21-28-18(6-12-35-4)15-20(29-21)31-10-8-30(9-11-31)7-5-17-13-19(14-17)32(16-33)36-22(34)24(25,26)27/h15-17,19H,5-14H2,1-4H3. The Labute approximate surface area is 209 Å². The summed E-state index contributed by atoms with van der Waals surface area (Å²) in [4.78, 5) is 40.5. The van der Waals surface area contributed by atoms with Crippen molar-refractivity contribution in [3.05, 3.63) is 17.6 Å². The van der Waals surface area contributed by atoms with Gasteiger partial charge in [0.25, 0.3) is 0 Å². The molecular weight excluding hydrogens is 479 g/mol. The molecule has 0 unspecified atom stereocenters. The summed E-state index contributed by atoms with van der Waals surface area (Å²) in [6.07, 6.45) is -2.34. The highest BCUT2D eigenvalue weighted by Gasteiger charge is 2.45. The molecule has 1 aliphatic carbocycles. The second kappa shape index (κ2) is 11.7. The summed E-state index contributed by atoms with van der Waals surface area (Å²) < 4.78 is 42.3. The van der Waals surface area contributed by atoms with E-state index in [2.05, 4.69) is 35.4 Å². The minimum Gasteiger partial charge on any atom is -0.384 e. The van der Waals surface area contributed by atoms with Gasteiger partial charge in [-0.05, 0) is 31.7 Å². The molecule has 1 amide bonds. The van der Waals surface area contributed by atoms with Crippen LogP contribution in [0.3, 0.4) is 0 Å². The number of nitrogens with zero attached hydrogens (tertiary/aromatic N) is 5. The van der Waals surface area contributed by atoms with Crippen LogP contribution in [0.5, 0.6) is 0 Å². The first-order valence-electron chi connectivity index (χ1n) is 12.3. The van der Waals surface area contributed by atoms with Crippen LogP contribution in [-0.2, 0) is 31.0 Å². The average Bonchev–Trinajstić information content (AvgIpc) is 2.79. The van der Waals surface area contributed by atoms with E-state index in [-0.39, 0.29) is 17.7 Å². The zero-order valence-corrected chi connectivity index (χ0v) is 21.4. The number of rotatable bonds is 10. The summed E-state index contributed by atoms with van der Waals surface area (Å²) in [6.45, 7) is 11.2. The van der Waals surface area contributed by atoms with E-state index < -0.39 is 18.2 Å². The van der Waals surface area contributed by atoms with Gasteiger partial charge >= 0.3 is 12.1 Å². The van der Waals surface area contributed by atoms with Gasteiger partial charge in [-0.2, -0.15) is 18.2 Å². The Kier molecular flexibility index (Phi) is 9.15. The number of carbonyl (C=O) groups excluding carboxylic acids is 2. The van der Waals surface area contributed by atoms with Crippen LogP contribution in [0.4, 0.5) is 19.0 Å². The van der Waals surface area contributed by atoms with Gasteiger partial charge in [0.15, 0.2) is 0 Å². The van der Waals surface area contributed by atoms with Gasteiger partial charge in [0.05, 0.1) is 12.6 Å². The monoisotopic (exact) mass is 515 g/mol. The number of hydroxylamine groups is 2. The molecule has 0 bridgehead atoms. The van der Waals surface area contributed by atoms with Gasteiger partial charge in [0.1, 0.15) is 11.6 Å². The maximum atomic E-state index is 12.4. The predicted octanol–water partition coefficient (Wildman–Crippen LogP) is 2.73. The number of anilines is 1. The second-order valence-corrected chi connectivity index (χ2v) is 10.5. The number of piperazine rings is 1. The van der Waals surface area contributed by atoms with Crippen LogP contribution >= 0.6 is 0 Å². The number of amides is 1. The van der Waals surface area contributed by atoms with Crippen molar-refractivity contribution in [1.82, 2.24) is 19.9 Å². The van der Waals surface area contributed by atoms with E-state index in [1.54, 1.807) is 7.11 Å². The topological polar surface area (TPSA) is 88.1 Å². The van der Waals surface area contributed by atoms with Crippen molar-refractivity contribution in [2.75, 3.05) is 51.3 Å². The minimum absolute atomic E-state index is 0.142. The molecule has 2 aliphatic rings. The van der Waals surface area contributed by atoms with Gasteiger partial charge in [0, 0.05) is 56.9 Å². The van der Waals surface area contributed by atoms with E-state index in [1.807, 2.05) is 6.07 Å². The summed E-state index contributed by atoms with van der Waals surface area (Å²) in [7, 11) is 1.68. The van der Waals surface area contributed by atoms with E-state index in [0.29, 0.717) is 24.5 Å². The van der Waals surface area contributed by atoms with Crippen LogP contribution in [0.2, 0.25) is 0 Å². The van der Waals surface area contributed by atoms with Crippen LogP contribution in [-0.4, -0.2) is 91.0 Å². The van der Waals surface area contributed by atoms with Gasteiger partial charge < -0.3 is 14.5 Å². The van der Waals surface area contributed by atoms with E-state index in [0.717, 1.165) is 62.9 Å².